The van der Waals surface area contributed by atoms with Crippen LogP contribution in [0.25, 0.3) is 10.9 Å². The molecule has 0 aliphatic heterocycles. The molecule has 9 nitrogen and oxygen atoms in total. The number of nitrogens with one attached hydrogen (secondary N) is 1. The predicted molar refractivity (Wildman–Crippen MR) is 139 cm³/mol. The van der Waals surface area contributed by atoms with E-state index in [1.54, 1.807) is 26.2 Å². The smallest absolute Gasteiger partial charge is 0.227 e. The van der Waals surface area contributed by atoms with Crippen molar-refractivity contribution in [2.24, 2.45) is 0 Å². The molecule has 194 valence electrons. The van der Waals surface area contributed by atoms with Crippen LogP contribution in [0.1, 0.15) is 35.8 Å². The van der Waals surface area contributed by atoms with E-state index in [1.165, 1.54) is 19.2 Å². The highest BCUT2D eigenvalue weighted by molar-refractivity contribution is 5.81. The van der Waals surface area contributed by atoms with Crippen LogP contribution in [0.15, 0.2) is 63.9 Å². The second-order valence-corrected chi connectivity index (χ2v) is 8.76. The van der Waals surface area contributed by atoms with Crippen molar-refractivity contribution in [3.8, 4) is 23.0 Å². The number of nitrogens with zero attached hydrogens (tertiary/aromatic N) is 1. The summed E-state index contributed by atoms with van der Waals surface area (Å²) in [5, 5.41) is 24.4. The second-order valence-electron chi connectivity index (χ2n) is 8.76. The van der Waals surface area contributed by atoms with Gasteiger partial charge in [0.25, 0.3) is 0 Å². The van der Waals surface area contributed by atoms with Crippen molar-refractivity contribution in [2.45, 2.75) is 32.2 Å². The van der Waals surface area contributed by atoms with Crippen molar-refractivity contribution in [1.29, 1.82) is 0 Å². The molecule has 2 aromatic carbocycles. The lowest BCUT2D eigenvalue weighted by atomic mass is 9.91. The summed E-state index contributed by atoms with van der Waals surface area (Å²) in [6, 6.07) is 13.7. The van der Waals surface area contributed by atoms with Crippen LogP contribution in [0.3, 0.4) is 0 Å². The standard InChI is InChI=1S/C28H30N2O7/c1-17-13-24(32)27(34)28(37-17)21(18-5-8-23(31)25(15-18)36-3)16-26(33)29-10-4-11-30-12-9-19-14-20(35-2)6-7-22(19)30/h5-9,12-15,21,31,34H,4,10-11,16H2,1-3H3,(H,29,33)/t21-/m0/s1. The van der Waals surface area contributed by atoms with Crippen LogP contribution < -0.4 is 20.2 Å². The van der Waals surface area contributed by atoms with E-state index in [-0.39, 0.29) is 29.6 Å². The summed E-state index contributed by atoms with van der Waals surface area (Å²) < 4.78 is 18.3. The molecule has 0 spiro atoms. The average Bonchev–Trinajstić information content (AvgIpc) is 3.30. The maximum Gasteiger partial charge on any atom is 0.227 e. The number of aryl methyl sites for hydroxylation is 2. The molecule has 9 heteroatoms. The molecule has 4 aromatic rings. The molecular formula is C28H30N2O7. The Morgan fingerprint density at radius 2 is 1.89 bits per heavy atom. The van der Waals surface area contributed by atoms with E-state index in [2.05, 4.69) is 9.88 Å². The van der Waals surface area contributed by atoms with Gasteiger partial charge in [0.05, 0.1) is 20.1 Å². The van der Waals surface area contributed by atoms with Gasteiger partial charge in [0.1, 0.15) is 11.5 Å². The third-order valence-electron chi connectivity index (χ3n) is 6.26. The van der Waals surface area contributed by atoms with Crippen molar-refractivity contribution in [3.63, 3.8) is 0 Å². The van der Waals surface area contributed by atoms with Gasteiger partial charge in [-0.15, -0.1) is 0 Å². The average molecular weight is 507 g/mol. The minimum Gasteiger partial charge on any atom is -0.504 e. The lowest BCUT2D eigenvalue weighted by Gasteiger charge is -2.19. The minimum atomic E-state index is -0.773. The number of ether oxygens (including phenoxy) is 2. The van der Waals surface area contributed by atoms with Crippen LogP contribution in [-0.2, 0) is 11.3 Å². The van der Waals surface area contributed by atoms with Gasteiger partial charge in [-0.05, 0) is 55.3 Å². The number of carbonyl (C=O) groups is 1. The first kappa shape index (κ1) is 25.7. The van der Waals surface area contributed by atoms with Crippen LogP contribution >= 0.6 is 0 Å². The summed E-state index contributed by atoms with van der Waals surface area (Å²) >= 11 is 0. The summed E-state index contributed by atoms with van der Waals surface area (Å²) in [4.78, 5) is 25.2. The van der Waals surface area contributed by atoms with Crippen molar-refractivity contribution in [2.75, 3.05) is 20.8 Å². The molecule has 0 unspecified atom stereocenters. The molecule has 3 N–H and O–H groups in total. The Kier molecular flexibility index (Phi) is 7.71. The Labute approximate surface area is 213 Å². The van der Waals surface area contributed by atoms with Gasteiger partial charge >= 0.3 is 0 Å². The Bertz CT molecular complexity index is 1470. The molecule has 37 heavy (non-hydrogen) atoms. The van der Waals surface area contributed by atoms with E-state index >= 15 is 0 Å². The molecule has 0 saturated carbocycles. The molecule has 4 rings (SSSR count). The molecule has 0 radical (unpaired) electrons. The molecule has 2 heterocycles. The number of carbonyl (C=O) groups excluding carboxylic acids is 1. The Hall–Kier alpha value is -4.40. The maximum absolute atomic E-state index is 12.9. The molecular weight excluding hydrogens is 476 g/mol. The van der Waals surface area contributed by atoms with Crippen LogP contribution in [0.5, 0.6) is 23.0 Å². The van der Waals surface area contributed by atoms with Gasteiger partial charge in [0, 0.05) is 42.7 Å². The van der Waals surface area contributed by atoms with Crippen LogP contribution in [0.2, 0.25) is 0 Å². The maximum atomic E-state index is 12.9. The van der Waals surface area contributed by atoms with Crippen molar-refractivity contribution in [1.82, 2.24) is 9.88 Å². The number of benzene rings is 2. The lowest BCUT2D eigenvalue weighted by Crippen LogP contribution is -2.27. The second kappa shape index (κ2) is 11.1. The van der Waals surface area contributed by atoms with Crippen LogP contribution in [0, 0.1) is 6.92 Å². The normalized spacial score (nSPS) is 11.9. The molecule has 0 aliphatic carbocycles. The number of methoxy groups -OCH3 is 2. The number of hydrogen-bond acceptors (Lipinski definition) is 7. The molecule has 0 saturated heterocycles. The Morgan fingerprint density at radius 1 is 1.08 bits per heavy atom. The zero-order valence-electron chi connectivity index (χ0n) is 21.0. The Balaban J connectivity index is 1.46. The predicted octanol–water partition coefficient (Wildman–Crippen LogP) is 4.06. The van der Waals surface area contributed by atoms with E-state index in [9.17, 15) is 19.8 Å². The first-order valence-corrected chi connectivity index (χ1v) is 11.9. The monoisotopic (exact) mass is 506 g/mol. The number of rotatable bonds is 10. The van der Waals surface area contributed by atoms with Gasteiger partial charge in [-0.1, -0.05) is 6.07 Å². The molecule has 0 aliphatic rings. The topological polar surface area (TPSA) is 123 Å². The zero-order chi connectivity index (χ0) is 26.5. The summed E-state index contributed by atoms with van der Waals surface area (Å²) in [6.45, 7) is 2.74. The number of aromatic hydroxyl groups is 2. The SMILES string of the molecule is COc1ccc2c(ccn2CCCNC(=O)C[C@@H](c2ccc(O)c(OC)c2)c2oc(C)cc(=O)c2O)c1. The number of phenolic OH excluding ortho intramolecular Hbond substituents is 1. The summed E-state index contributed by atoms with van der Waals surface area (Å²) in [7, 11) is 3.05. The van der Waals surface area contributed by atoms with Gasteiger partial charge in [0.2, 0.25) is 17.1 Å². The van der Waals surface area contributed by atoms with E-state index < -0.39 is 17.1 Å². The highest BCUT2D eigenvalue weighted by atomic mass is 16.5. The molecule has 0 fully saturated rings. The van der Waals surface area contributed by atoms with Gasteiger partial charge in [0.15, 0.2) is 17.3 Å². The third-order valence-corrected chi connectivity index (χ3v) is 6.26. The summed E-state index contributed by atoms with van der Waals surface area (Å²) in [5.41, 5.74) is 1.04. The molecule has 1 amide bonds. The minimum absolute atomic E-state index is 0.0119. The number of amides is 1. The van der Waals surface area contributed by atoms with Crippen molar-refractivity contribution in [3.05, 3.63) is 82.0 Å². The van der Waals surface area contributed by atoms with Crippen molar-refractivity contribution < 1.29 is 28.9 Å². The fourth-order valence-corrected chi connectivity index (χ4v) is 4.37. The molecule has 1 atom stereocenters. The highest BCUT2D eigenvalue weighted by Gasteiger charge is 2.26. The van der Waals surface area contributed by atoms with E-state index in [4.69, 9.17) is 13.9 Å². The lowest BCUT2D eigenvalue weighted by molar-refractivity contribution is -0.121. The summed E-state index contributed by atoms with van der Waals surface area (Å²) in [5.74, 6) is -0.365. The fraction of sp³-hybridized carbons (Fsp3) is 0.286. The molecule has 0 bridgehead atoms. The zero-order valence-corrected chi connectivity index (χ0v) is 21.0. The van der Waals surface area contributed by atoms with Crippen molar-refractivity contribution >= 4 is 16.8 Å². The first-order chi connectivity index (χ1) is 17.8. The van der Waals surface area contributed by atoms with Crippen LogP contribution in [-0.4, -0.2) is 41.5 Å². The fourth-order valence-electron chi connectivity index (χ4n) is 4.37. The third kappa shape index (κ3) is 5.72. The number of aromatic nitrogens is 1. The van der Waals surface area contributed by atoms with Crippen LogP contribution in [0.4, 0.5) is 0 Å². The van der Waals surface area contributed by atoms with E-state index in [1.807, 2.05) is 30.5 Å². The number of fused-ring (bicyclic) bond motifs is 1. The number of hydrogen-bond donors (Lipinski definition) is 3. The van der Waals surface area contributed by atoms with E-state index in [0.29, 0.717) is 30.8 Å². The summed E-state index contributed by atoms with van der Waals surface area (Å²) in [6.07, 6.45) is 2.62. The largest absolute Gasteiger partial charge is 0.504 e. The molecule has 2 aromatic heterocycles. The van der Waals surface area contributed by atoms with Gasteiger partial charge < -0.3 is 34.0 Å². The first-order valence-electron chi connectivity index (χ1n) is 11.9. The van der Waals surface area contributed by atoms with E-state index in [0.717, 1.165) is 16.7 Å². The highest BCUT2D eigenvalue weighted by Crippen LogP contribution is 2.37. The van der Waals surface area contributed by atoms with Gasteiger partial charge in [-0.3, -0.25) is 9.59 Å². The number of phenols is 1. The Morgan fingerprint density at radius 3 is 2.65 bits per heavy atom. The van der Waals surface area contributed by atoms with Gasteiger partial charge in [-0.2, -0.15) is 0 Å². The van der Waals surface area contributed by atoms with Gasteiger partial charge in [-0.25, -0.2) is 0 Å². The quantitative estimate of drug-likeness (QED) is 0.277.